The predicted octanol–water partition coefficient (Wildman–Crippen LogP) is 6.29. The van der Waals surface area contributed by atoms with Crippen LogP contribution in [0.5, 0.6) is 5.75 Å². The van der Waals surface area contributed by atoms with Crippen LogP contribution in [0.15, 0.2) is 97.3 Å². The molecule has 37 heavy (non-hydrogen) atoms. The Balaban J connectivity index is 1.34. The minimum atomic E-state index is -0.310. The van der Waals surface area contributed by atoms with E-state index in [4.69, 9.17) is 9.47 Å². The smallest absolute Gasteiger partial charge is 0.254 e. The van der Waals surface area contributed by atoms with Gasteiger partial charge in [0.25, 0.3) is 5.91 Å². The monoisotopic (exact) mass is 496 g/mol. The second-order valence-corrected chi connectivity index (χ2v) is 9.20. The fourth-order valence-electron chi connectivity index (χ4n) is 4.47. The lowest BCUT2D eigenvalue weighted by atomic mass is 10.0. The van der Waals surface area contributed by atoms with E-state index in [2.05, 4.69) is 4.98 Å². The molecule has 0 saturated carbocycles. The number of rotatable bonds is 9. The van der Waals surface area contributed by atoms with E-state index in [1.54, 1.807) is 29.4 Å². The third-order valence-corrected chi connectivity index (χ3v) is 6.41. The van der Waals surface area contributed by atoms with E-state index in [-0.39, 0.29) is 17.8 Å². The van der Waals surface area contributed by atoms with Crippen LogP contribution in [-0.2, 0) is 17.8 Å². The van der Waals surface area contributed by atoms with Crippen molar-refractivity contribution in [3.63, 3.8) is 0 Å². The lowest BCUT2D eigenvalue weighted by molar-refractivity contribution is 0.0679. The third-order valence-electron chi connectivity index (χ3n) is 6.41. The summed E-state index contributed by atoms with van der Waals surface area (Å²) in [4.78, 5) is 19.7. The maximum Gasteiger partial charge on any atom is 0.254 e. The van der Waals surface area contributed by atoms with Crippen molar-refractivity contribution in [2.24, 2.45) is 0 Å². The quantitative estimate of drug-likeness (QED) is 0.273. The van der Waals surface area contributed by atoms with E-state index in [1.165, 1.54) is 12.1 Å². The molecule has 1 amide bonds. The minimum absolute atomic E-state index is 0.110. The van der Waals surface area contributed by atoms with E-state index < -0.39 is 0 Å². The van der Waals surface area contributed by atoms with Crippen LogP contribution < -0.4 is 4.74 Å². The van der Waals surface area contributed by atoms with Crippen LogP contribution in [0.3, 0.4) is 0 Å². The number of ether oxygens (including phenoxy) is 2. The molecule has 1 aliphatic rings. The third kappa shape index (κ3) is 6.60. The first-order valence-electron chi connectivity index (χ1n) is 12.5. The van der Waals surface area contributed by atoms with E-state index >= 15 is 0 Å². The molecule has 4 aromatic rings. The van der Waals surface area contributed by atoms with Gasteiger partial charge in [0.05, 0.1) is 6.10 Å². The van der Waals surface area contributed by atoms with Gasteiger partial charge in [-0.15, -0.1) is 0 Å². The molecule has 3 aromatic carbocycles. The van der Waals surface area contributed by atoms with Crippen molar-refractivity contribution in [1.29, 1.82) is 0 Å². The summed E-state index contributed by atoms with van der Waals surface area (Å²) < 4.78 is 25.3. The van der Waals surface area contributed by atoms with Crippen molar-refractivity contribution in [2.45, 2.75) is 32.0 Å². The molecule has 1 atom stereocenters. The summed E-state index contributed by atoms with van der Waals surface area (Å²) in [7, 11) is 0. The number of amides is 1. The van der Waals surface area contributed by atoms with Crippen molar-refractivity contribution in [3.8, 4) is 16.9 Å². The Morgan fingerprint density at radius 3 is 2.46 bits per heavy atom. The molecule has 0 unspecified atom stereocenters. The van der Waals surface area contributed by atoms with Crippen molar-refractivity contribution in [3.05, 3.63) is 120 Å². The number of aromatic nitrogens is 1. The molecule has 6 heteroatoms. The van der Waals surface area contributed by atoms with Crippen molar-refractivity contribution >= 4 is 5.91 Å². The second kappa shape index (κ2) is 11.8. The first-order valence-corrected chi connectivity index (χ1v) is 12.5. The van der Waals surface area contributed by atoms with Gasteiger partial charge in [0.1, 0.15) is 18.2 Å². The Hall–Kier alpha value is -4.03. The zero-order valence-corrected chi connectivity index (χ0v) is 20.6. The Morgan fingerprint density at radius 1 is 0.946 bits per heavy atom. The molecule has 0 bridgehead atoms. The van der Waals surface area contributed by atoms with Gasteiger partial charge in [-0.3, -0.25) is 9.78 Å². The highest BCUT2D eigenvalue weighted by Crippen LogP contribution is 2.24. The Bertz CT molecular complexity index is 1320. The number of hydrogen-bond donors (Lipinski definition) is 0. The van der Waals surface area contributed by atoms with Crippen LogP contribution in [0.25, 0.3) is 11.1 Å². The SMILES string of the molecule is O=C(c1cccc(-c2cccc(F)c2)c1)N(Cc1ccc(OC[C@H]2CCCO2)cc1)Cc1cccnc1. The zero-order chi connectivity index (χ0) is 25.5. The van der Waals surface area contributed by atoms with E-state index in [9.17, 15) is 9.18 Å². The van der Waals surface area contributed by atoms with Gasteiger partial charge in [-0.1, -0.05) is 42.5 Å². The van der Waals surface area contributed by atoms with E-state index in [0.29, 0.717) is 25.3 Å². The lowest BCUT2D eigenvalue weighted by Crippen LogP contribution is -2.30. The summed E-state index contributed by atoms with van der Waals surface area (Å²) in [5.41, 5.74) is 3.99. The molecule has 1 aromatic heterocycles. The molecule has 5 nitrogen and oxygen atoms in total. The highest BCUT2D eigenvalue weighted by atomic mass is 19.1. The summed E-state index contributed by atoms with van der Waals surface area (Å²) in [6.45, 7) is 2.18. The molecule has 1 aliphatic heterocycles. The van der Waals surface area contributed by atoms with Gasteiger partial charge in [-0.05, 0) is 77.6 Å². The summed E-state index contributed by atoms with van der Waals surface area (Å²) in [6, 6.07) is 25.4. The number of nitrogens with zero attached hydrogens (tertiary/aromatic N) is 2. The van der Waals surface area contributed by atoms with E-state index in [0.717, 1.165) is 47.5 Å². The number of benzene rings is 3. The van der Waals surface area contributed by atoms with Gasteiger partial charge in [0, 0.05) is 37.7 Å². The van der Waals surface area contributed by atoms with Crippen LogP contribution in [0.4, 0.5) is 4.39 Å². The summed E-state index contributed by atoms with van der Waals surface area (Å²) >= 11 is 0. The fraction of sp³-hybridized carbons (Fsp3) is 0.226. The molecule has 0 radical (unpaired) electrons. The molecule has 0 aliphatic carbocycles. The maximum atomic E-state index is 13.8. The molecule has 0 spiro atoms. The van der Waals surface area contributed by atoms with Crippen LogP contribution in [0, 0.1) is 5.82 Å². The van der Waals surface area contributed by atoms with Gasteiger partial charge in [0.2, 0.25) is 0 Å². The largest absolute Gasteiger partial charge is 0.491 e. The number of carbonyl (C=O) groups excluding carboxylic acids is 1. The Morgan fingerprint density at radius 2 is 1.73 bits per heavy atom. The standard InChI is InChI=1S/C31H29FN2O3/c32-28-9-2-7-26(18-28)25-6-1-8-27(17-25)31(35)34(21-24-5-3-15-33-19-24)20-23-11-13-29(14-12-23)37-22-30-10-4-16-36-30/h1-3,5-9,11-15,17-19,30H,4,10,16,20-22H2/t30-/m1/s1. The second-order valence-electron chi connectivity index (χ2n) is 9.20. The average molecular weight is 497 g/mol. The van der Waals surface area contributed by atoms with Gasteiger partial charge >= 0.3 is 0 Å². The topological polar surface area (TPSA) is 51.7 Å². The maximum absolute atomic E-state index is 13.8. The molecule has 1 fully saturated rings. The molecule has 188 valence electrons. The first kappa shape index (κ1) is 24.7. The number of halogens is 1. The highest BCUT2D eigenvalue weighted by Gasteiger charge is 2.19. The number of hydrogen-bond acceptors (Lipinski definition) is 4. The van der Waals surface area contributed by atoms with Gasteiger partial charge in [-0.25, -0.2) is 4.39 Å². The minimum Gasteiger partial charge on any atom is -0.491 e. The normalized spacial score (nSPS) is 14.9. The number of carbonyl (C=O) groups is 1. The summed E-state index contributed by atoms with van der Waals surface area (Å²) in [5, 5.41) is 0. The molecule has 2 heterocycles. The van der Waals surface area contributed by atoms with E-state index in [1.807, 2.05) is 60.7 Å². The molecule has 5 rings (SSSR count). The van der Waals surface area contributed by atoms with Crippen LogP contribution >= 0.6 is 0 Å². The number of pyridine rings is 1. The van der Waals surface area contributed by atoms with Gasteiger partial charge in [-0.2, -0.15) is 0 Å². The van der Waals surface area contributed by atoms with Crippen LogP contribution in [-0.4, -0.2) is 35.1 Å². The molecular formula is C31H29FN2O3. The van der Waals surface area contributed by atoms with Crippen LogP contribution in [0.2, 0.25) is 0 Å². The Kier molecular flexibility index (Phi) is 7.87. The molecule has 0 N–H and O–H groups in total. The predicted molar refractivity (Wildman–Crippen MR) is 141 cm³/mol. The average Bonchev–Trinajstić information content (AvgIpc) is 3.46. The van der Waals surface area contributed by atoms with Gasteiger partial charge < -0.3 is 14.4 Å². The summed E-state index contributed by atoms with van der Waals surface area (Å²) in [5.74, 6) is 0.364. The Labute approximate surface area is 216 Å². The first-order chi connectivity index (χ1) is 18.1. The van der Waals surface area contributed by atoms with Gasteiger partial charge in [0.15, 0.2) is 0 Å². The molecule has 1 saturated heterocycles. The lowest BCUT2D eigenvalue weighted by Gasteiger charge is -2.23. The molecular weight excluding hydrogens is 467 g/mol. The highest BCUT2D eigenvalue weighted by molar-refractivity contribution is 5.95. The van der Waals surface area contributed by atoms with Crippen molar-refractivity contribution in [1.82, 2.24) is 9.88 Å². The van der Waals surface area contributed by atoms with Crippen molar-refractivity contribution < 1.29 is 18.7 Å². The fourth-order valence-corrected chi connectivity index (χ4v) is 4.47. The van der Waals surface area contributed by atoms with Crippen molar-refractivity contribution in [2.75, 3.05) is 13.2 Å². The summed E-state index contributed by atoms with van der Waals surface area (Å²) in [6.07, 6.45) is 5.76. The van der Waals surface area contributed by atoms with Crippen LogP contribution in [0.1, 0.15) is 34.3 Å². The zero-order valence-electron chi connectivity index (χ0n) is 20.6.